The molecular weight excluding hydrogens is 265 g/mol. The van der Waals surface area contributed by atoms with Gasteiger partial charge in [-0.25, -0.2) is 4.39 Å². The molecule has 0 bridgehead atoms. The van der Waals surface area contributed by atoms with E-state index in [0.717, 1.165) is 3.57 Å². The Balaban J connectivity index is 3.34. The fraction of sp³-hybridized carbons (Fsp3) is 0.143. The minimum absolute atomic E-state index is 0.200. The van der Waals surface area contributed by atoms with Gasteiger partial charge in [0.15, 0.2) is 0 Å². The Morgan fingerprint density at radius 1 is 1.50 bits per heavy atom. The first-order chi connectivity index (χ1) is 4.63. The molecule has 1 aromatic carbocycles. The zero-order valence-corrected chi connectivity index (χ0v) is 8.20. The summed E-state index contributed by atoms with van der Waals surface area (Å²) in [5.41, 5.74) is 0.619. The molecule has 0 saturated carbocycles. The van der Waals surface area contributed by atoms with Crippen molar-refractivity contribution in [2.24, 2.45) is 0 Å². The highest BCUT2D eigenvalue weighted by Gasteiger charge is 2.03. The highest BCUT2D eigenvalue weighted by Crippen LogP contribution is 2.23. The molecule has 0 saturated heterocycles. The van der Waals surface area contributed by atoms with Crippen molar-refractivity contribution in [2.45, 2.75) is 6.92 Å². The molecule has 0 radical (unpaired) electrons. The summed E-state index contributed by atoms with van der Waals surface area (Å²) in [6, 6.07) is 2.94. The van der Waals surface area contributed by atoms with Gasteiger partial charge in [0, 0.05) is 3.57 Å². The zero-order chi connectivity index (χ0) is 7.72. The average Bonchev–Trinajstić information content (AvgIpc) is 1.93. The number of halogens is 3. The molecule has 54 valence electrons. The van der Waals surface area contributed by atoms with E-state index in [1.165, 1.54) is 6.07 Å². The third kappa shape index (κ3) is 1.42. The molecule has 0 aliphatic rings. The van der Waals surface area contributed by atoms with Crippen LogP contribution in [0.2, 0.25) is 5.02 Å². The molecule has 0 aliphatic carbocycles. The van der Waals surface area contributed by atoms with Crippen molar-refractivity contribution in [3.05, 3.63) is 32.1 Å². The lowest BCUT2D eigenvalue weighted by Crippen LogP contribution is -1.86. The highest BCUT2D eigenvalue weighted by molar-refractivity contribution is 14.1. The second-order valence-electron chi connectivity index (χ2n) is 1.97. The van der Waals surface area contributed by atoms with Crippen LogP contribution in [0.3, 0.4) is 0 Å². The van der Waals surface area contributed by atoms with Gasteiger partial charge in [0.05, 0.1) is 5.02 Å². The molecular formula is C7H5ClFI. The SMILES string of the molecule is Cc1c(F)ccc(Cl)c1I. The lowest BCUT2D eigenvalue weighted by molar-refractivity contribution is 0.617. The topological polar surface area (TPSA) is 0 Å². The van der Waals surface area contributed by atoms with E-state index in [-0.39, 0.29) is 5.82 Å². The minimum Gasteiger partial charge on any atom is -0.207 e. The van der Waals surface area contributed by atoms with Crippen LogP contribution in [-0.4, -0.2) is 0 Å². The average molecular weight is 270 g/mol. The fourth-order valence-electron chi connectivity index (χ4n) is 0.628. The van der Waals surface area contributed by atoms with Gasteiger partial charge in [-0.2, -0.15) is 0 Å². The lowest BCUT2D eigenvalue weighted by atomic mass is 10.2. The summed E-state index contributed by atoms with van der Waals surface area (Å²) in [6.07, 6.45) is 0. The van der Waals surface area contributed by atoms with Crippen molar-refractivity contribution in [3.63, 3.8) is 0 Å². The minimum atomic E-state index is -0.200. The first-order valence-corrected chi connectivity index (χ1v) is 4.18. The molecule has 0 aliphatic heterocycles. The fourth-order valence-corrected chi connectivity index (χ4v) is 1.27. The standard InChI is InChI=1S/C7H5ClFI/c1-4-6(9)3-2-5(8)7(4)10/h2-3H,1H3. The van der Waals surface area contributed by atoms with Crippen LogP contribution in [0.4, 0.5) is 4.39 Å². The molecule has 0 N–H and O–H groups in total. The molecule has 1 rings (SSSR count). The second-order valence-corrected chi connectivity index (χ2v) is 3.45. The van der Waals surface area contributed by atoms with E-state index in [9.17, 15) is 4.39 Å². The maximum atomic E-state index is 12.7. The van der Waals surface area contributed by atoms with Crippen molar-refractivity contribution in [1.82, 2.24) is 0 Å². The highest BCUT2D eigenvalue weighted by atomic mass is 127. The van der Waals surface area contributed by atoms with Gasteiger partial charge in [-0.1, -0.05) is 11.6 Å². The number of hydrogen-bond donors (Lipinski definition) is 0. The third-order valence-electron chi connectivity index (χ3n) is 1.27. The van der Waals surface area contributed by atoms with Gasteiger partial charge >= 0.3 is 0 Å². The summed E-state index contributed by atoms with van der Waals surface area (Å²) in [5.74, 6) is -0.200. The Hall–Kier alpha value is 0.170. The van der Waals surface area contributed by atoms with E-state index in [1.54, 1.807) is 13.0 Å². The normalized spacial score (nSPS) is 10.0. The molecule has 0 amide bonds. The molecule has 0 nitrogen and oxygen atoms in total. The Kier molecular flexibility index (Phi) is 2.52. The van der Waals surface area contributed by atoms with Crippen LogP contribution in [0.25, 0.3) is 0 Å². The van der Waals surface area contributed by atoms with Crippen molar-refractivity contribution in [3.8, 4) is 0 Å². The van der Waals surface area contributed by atoms with E-state index >= 15 is 0 Å². The van der Waals surface area contributed by atoms with Gasteiger partial charge < -0.3 is 0 Å². The van der Waals surface area contributed by atoms with Gasteiger partial charge in [0.25, 0.3) is 0 Å². The van der Waals surface area contributed by atoms with E-state index < -0.39 is 0 Å². The van der Waals surface area contributed by atoms with Crippen LogP contribution >= 0.6 is 34.2 Å². The van der Waals surface area contributed by atoms with Crippen molar-refractivity contribution in [2.75, 3.05) is 0 Å². The van der Waals surface area contributed by atoms with Gasteiger partial charge in [0.2, 0.25) is 0 Å². The van der Waals surface area contributed by atoms with Crippen molar-refractivity contribution in [1.29, 1.82) is 0 Å². The molecule has 0 atom stereocenters. The predicted molar refractivity (Wildman–Crippen MR) is 48.9 cm³/mol. The van der Waals surface area contributed by atoms with Crippen molar-refractivity contribution < 1.29 is 4.39 Å². The van der Waals surface area contributed by atoms with Gasteiger partial charge in [-0.3, -0.25) is 0 Å². The summed E-state index contributed by atoms with van der Waals surface area (Å²) in [7, 11) is 0. The molecule has 0 heterocycles. The molecule has 10 heavy (non-hydrogen) atoms. The number of hydrogen-bond acceptors (Lipinski definition) is 0. The van der Waals surface area contributed by atoms with Crippen LogP contribution in [0, 0.1) is 16.3 Å². The van der Waals surface area contributed by atoms with E-state index in [4.69, 9.17) is 11.6 Å². The molecule has 0 spiro atoms. The second kappa shape index (κ2) is 3.05. The Labute approximate surface area is 77.5 Å². The molecule has 0 fully saturated rings. The molecule has 0 aromatic heterocycles. The third-order valence-corrected chi connectivity index (χ3v) is 3.30. The smallest absolute Gasteiger partial charge is 0.127 e. The largest absolute Gasteiger partial charge is 0.207 e. The zero-order valence-electron chi connectivity index (χ0n) is 5.29. The van der Waals surface area contributed by atoms with Crippen LogP contribution in [0.15, 0.2) is 12.1 Å². The van der Waals surface area contributed by atoms with E-state index in [2.05, 4.69) is 0 Å². The van der Waals surface area contributed by atoms with E-state index in [0.29, 0.717) is 10.6 Å². The van der Waals surface area contributed by atoms with Gasteiger partial charge in [-0.05, 0) is 47.2 Å². The first-order valence-electron chi connectivity index (χ1n) is 2.73. The van der Waals surface area contributed by atoms with Crippen LogP contribution < -0.4 is 0 Å². The van der Waals surface area contributed by atoms with Gasteiger partial charge in [-0.15, -0.1) is 0 Å². The summed E-state index contributed by atoms with van der Waals surface area (Å²) in [6.45, 7) is 1.71. The van der Waals surface area contributed by atoms with Gasteiger partial charge in [0.1, 0.15) is 5.82 Å². The molecule has 1 aromatic rings. The monoisotopic (exact) mass is 270 g/mol. The summed E-state index contributed by atoms with van der Waals surface area (Å²) >= 11 is 7.73. The quantitative estimate of drug-likeness (QED) is 0.501. The predicted octanol–water partition coefficient (Wildman–Crippen LogP) is 3.39. The number of benzene rings is 1. The molecule has 0 unspecified atom stereocenters. The van der Waals surface area contributed by atoms with Crippen LogP contribution in [-0.2, 0) is 0 Å². The van der Waals surface area contributed by atoms with Crippen LogP contribution in [0.5, 0.6) is 0 Å². The Morgan fingerprint density at radius 3 is 2.60 bits per heavy atom. The molecule has 3 heteroatoms. The first kappa shape index (κ1) is 8.27. The van der Waals surface area contributed by atoms with Crippen molar-refractivity contribution >= 4 is 34.2 Å². The Morgan fingerprint density at radius 2 is 2.10 bits per heavy atom. The lowest BCUT2D eigenvalue weighted by Gasteiger charge is -2.00. The summed E-state index contributed by atoms with van der Waals surface area (Å²) < 4.78 is 13.5. The van der Waals surface area contributed by atoms with E-state index in [1.807, 2.05) is 22.6 Å². The Bertz CT molecular complexity index is 233. The number of rotatable bonds is 0. The summed E-state index contributed by atoms with van der Waals surface area (Å²) in [5, 5.41) is 0.611. The maximum absolute atomic E-state index is 12.7. The maximum Gasteiger partial charge on any atom is 0.127 e. The van der Waals surface area contributed by atoms with Crippen LogP contribution in [0.1, 0.15) is 5.56 Å². The summed E-state index contributed by atoms with van der Waals surface area (Å²) in [4.78, 5) is 0.